The fourth-order valence-corrected chi connectivity index (χ4v) is 4.27. The lowest BCUT2D eigenvalue weighted by molar-refractivity contribution is -0.0418. The van der Waals surface area contributed by atoms with Crippen LogP contribution in [0.15, 0.2) is 18.5 Å². The highest BCUT2D eigenvalue weighted by Gasteiger charge is 2.37. The first-order chi connectivity index (χ1) is 12.5. The van der Waals surface area contributed by atoms with Gasteiger partial charge in [0.05, 0.1) is 17.9 Å². The van der Waals surface area contributed by atoms with Crippen LogP contribution in [0.2, 0.25) is 0 Å². The highest BCUT2D eigenvalue weighted by Crippen LogP contribution is 2.32. The molecule has 7 nitrogen and oxygen atoms in total. The number of likely N-dealkylation sites (tertiary alicyclic amines) is 1. The second kappa shape index (κ2) is 7.12. The van der Waals surface area contributed by atoms with E-state index in [0.717, 1.165) is 31.6 Å². The molecule has 26 heavy (non-hydrogen) atoms. The Kier molecular flexibility index (Phi) is 4.84. The minimum Gasteiger partial charge on any atom is -0.382 e. The SMILES string of the molecule is CC(C)n1cc([C@@]2(O)CCCN(Cc3ccn(C4CCCC4)n3)C2)nn1. The lowest BCUT2D eigenvalue weighted by atomic mass is 9.90. The lowest BCUT2D eigenvalue weighted by Crippen LogP contribution is -2.46. The van der Waals surface area contributed by atoms with Gasteiger partial charge in [0.15, 0.2) is 0 Å². The first-order valence-corrected chi connectivity index (χ1v) is 9.94. The number of β-amino-alcohol motifs (C(OH)–C–C–N with tert-alkyl or cyclic N) is 1. The van der Waals surface area contributed by atoms with E-state index in [1.54, 1.807) is 0 Å². The molecule has 1 atom stereocenters. The van der Waals surface area contributed by atoms with Gasteiger partial charge < -0.3 is 5.11 Å². The molecule has 7 heteroatoms. The van der Waals surface area contributed by atoms with Crippen molar-refractivity contribution in [2.45, 2.75) is 76.6 Å². The van der Waals surface area contributed by atoms with Crippen molar-refractivity contribution in [3.05, 3.63) is 29.8 Å². The van der Waals surface area contributed by atoms with Crippen molar-refractivity contribution in [1.29, 1.82) is 0 Å². The molecule has 0 spiro atoms. The predicted molar refractivity (Wildman–Crippen MR) is 98.5 cm³/mol. The van der Waals surface area contributed by atoms with Crippen LogP contribution in [0.4, 0.5) is 0 Å². The number of piperidine rings is 1. The maximum absolute atomic E-state index is 11.2. The van der Waals surface area contributed by atoms with Crippen LogP contribution in [0, 0.1) is 0 Å². The topological polar surface area (TPSA) is 72.0 Å². The van der Waals surface area contributed by atoms with Crippen LogP contribution >= 0.6 is 0 Å². The summed E-state index contributed by atoms with van der Waals surface area (Å²) in [4.78, 5) is 2.29. The van der Waals surface area contributed by atoms with Gasteiger partial charge in [0, 0.05) is 25.3 Å². The van der Waals surface area contributed by atoms with E-state index in [0.29, 0.717) is 18.3 Å². The minimum absolute atomic E-state index is 0.249. The quantitative estimate of drug-likeness (QED) is 0.890. The molecule has 1 saturated heterocycles. The summed E-state index contributed by atoms with van der Waals surface area (Å²) in [7, 11) is 0. The number of hydrogen-bond donors (Lipinski definition) is 1. The third-order valence-electron chi connectivity index (χ3n) is 5.81. The number of aliphatic hydroxyl groups is 1. The fourth-order valence-electron chi connectivity index (χ4n) is 4.27. The maximum Gasteiger partial charge on any atom is 0.123 e. The number of aromatic nitrogens is 5. The second-order valence-corrected chi connectivity index (χ2v) is 8.25. The van der Waals surface area contributed by atoms with Crippen molar-refractivity contribution in [3.8, 4) is 0 Å². The van der Waals surface area contributed by atoms with E-state index < -0.39 is 5.60 Å². The van der Waals surface area contributed by atoms with Crippen molar-refractivity contribution in [3.63, 3.8) is 0 Å². The van der Waals surface area contributed by atoms with Crippen molar-refractivity contribution in [2.75, 3.05) is 13.1 Å². The third kappa shape index (κ3) is 3.55. The molecule has 0 aromatic carbocycles. The largest absolute Gasteiger partial charge is 0.382 e. The van der Waals surface area contributed by atoms with Crippen LogP contribution in [0.5, 0.6) is 0 Å². The Morgan fingerprint density at radius 3 is 2.81 bits per heavy atom. The number of hydrogen-bond acceptors (Lipinski definition) is 5. The molecule has 1 N–H and O–H groups in total. The van der Waals surface area contributed by atoms with Gasteiger partial charge in [-0.2, -0.15) is 5.10 Å². The van der Waals surface area contributed by atoms with E-state index in [2.05, 4.69) is 46.0 Å². The summed E-state index contributed by atoms with van der Waals surface area (Å²) in [6.07, 6.45) is 10.8. The Morgan fingerprint density at radius 2 is 2.08 bits per heavy atom. The molecule has 1 saturated carbocycles. The minimum atomic E-state index is -0.917. The van der Waals surface area contributed by atoms with Crippen LogP contribution in [-0.4, -0.2) is 47.9 Å². The monoisotopic (exact) mass is 358 g/mol. The Morgan fingerprint density at radius 1 is 1.27 bits per heavy atom. The van der Waals surface area contributed by atoms with Gasteiger partial charge in [0.25, 0.3) is 0 Å². The lowest BCUT2D eigenvalue weighted by Gasteiger charge is -2.37. The van der Waals surface area contributed by atoms with Gasteiger partial charge in [-0.1, -0.05) is 18.1 Å². The summed E-state index contributed by atoms with van der Waals surface area (Å²) in [5.74, 6) is 0. The van der Waals surface area contributed by atoms with E-state index in [-0.39, 0.29) is 6.04 Å². The Balaban J connectivity index is 1.43. The molecule has 0 unspecified atom stereocenters. The molecule has 0 amide bonds. The number of nitrogens with zero attached hydrogens (tertiary/aromatic N) is 6. The van der Waals surface area contributed by atoms with E-state index in [1.807, 2.05) is 10.9 Å². The summed E-state index contributed by atoms with van der Waals surface area (Å²) in [5.41, 5.74) is 0.860. The van der Waals surface area contributed by atoms with E-state index >= 15 is 0 Å². The first kappa shape index (κ1) is 17.7. The molecule has 0 radical (unpaired) electrons. The average Bonchev–Trinajstić information content (AvgIpc) is 3.36. The Hall–Kier alpha value is -1.73. The van der Waals surface area contributed by atoms with Crippen molar-refractivity contribution < 1.29 is 5.11 Å². The molecule has 2 aliphatic rings. The second-order valence-electron chi connectivity index (χ2n) is 8.25. The van der Waals surface area contributed by atoms with Gasteiger partial charge in [-0.15, -0.1) is 5.10 Å². The zero-order valence-corrected chi connectivity index (χ0v) is 15.9. The molecule has 2 fully saturated rings. The molecule has 2 aromatic heterocycles. The average molecular weight is 358 g/mol. The molecular weight excluding hydrogens is 328 g/mol. The standard InChI is InChI=1S/C19H30N6O/c1-15(2)25-13-18(20-22-25)19(26)9-5-10-23(14-19)12-16-8-11-24(21-16)17-6-3-4-7-17/h8,11,13,15,17,26H,3-7,9-10,12,14H2,1-2H3/t19-/m1/s1. The third-order valence-corrected chi connectivity index (χ3v) is 5.81. The summed E-state index contributed by atoms with van der Waals surface area (Å²) >= 11 is 0. The zero-order chi connectivity index (χ0) is 18.1. The smallest absolute Gasteiger partial charge is 0.123 e. The van der Waals surface area contributed by atoms with Gasteiger partial charge in [-0.25, -0.2) is 4.68 Å². The van der Waals surface area contributed by atoms with Gasteiger partial charge >= 0.3 is 0 Å². The van der Waals surface area contributed by atoms with Crippen LogP contribution < -0.4 is 0 Å². The maximum atomic E-state index is 11.2. The molecule has 142 valence electrons. The predicted octanol–water partition coefficient (Wildman–Crippen LogP) is 2.65. The molecule has 3 heterocycles. The normalized spacial score (nSPS) is 25.4. The van der Waals surface area contributed by atoms with Gasteiger partial charge in [-0.05, 0) is 52.1 Å². The van der Waals surface area contributed by atoms with Crippen LogP contribution in [-0.2, 0) is 12.1 Å². The van der Waals surface area contributed by atoms with E-state index in [1.165, 1.54) is 25.7 Å². The molecule has 0 bridgehead atoms. The van der Waals surface area contributed by atoms with Gasteiger partial charge in [0.2, 0.25) is 0 Å². The zero-order valence-electron chi connectivity index (χ0n) is 15.9. The molecule has 4 rings (SSSR count). The van der Waals surface area contributed by atoms with Crippen molar-refractivity contribution >= 4 is 0 Å². The molecule has 2 aromatic rings. The Bertz CT molecular complexity index is 732. The van der Waals surface area contributed by atoms with Gasteiger partial charge in [-0.3, -0.25) is 9.58 Å². The summed E-state index contributed by atoms with van der Waals surface area (Å²) < 4.78 is 3.96. The number of rotatable bonds is 5. The van der Waals surface area contributed by atoms with Crippen LogP contribution in [0.3, 0.4) is 0 Å². The molecule has 1 aliphatic carbocycles. The summed E-state index contributed by atoms with van der Waals surface area (Å²) in [6, 6.07) is 2.95. The van der Waals surface area contributed by atoms with Crippen LogP contribution in [0.1, 0.15) is 75.8 Å². The fraction of sp³-hybridized carbons (Fsp3) is 0.737. The first-order valence-electron chi connectivity index (χ1n) is 9.94. The molecular formula is C19H30N6O. The highest BCUT2D eigenvalue weighted by atomic mass is 16.3. The Labute approximate surface area is 155 Å². The van der Waals surface area contributed by atoms with Crippen molar-refractivity contribution in [2.24, 2.45) is 0 Å². The summed E-state index contributed by atoms with van der Waals surface area (Å²) in [5, 5.41) is 24.4. The van der Waals surface area contributed by atoms with Gasteiger partial charge in [0.1, 0.15) is 11.3 Å². The van der Waals surface area contributed by atoms with E-state index in [4.69, 9.17) is 5.10 Å². The van der Waals surface area contributed by atoms with Crippen molar-refractivity contribution in [1.82, 2.24) is 29.7 Å². The van der Waals surface area contributed by atoms with Crippen LogP contribution in [0.25, 0.3) is 0 Å². The summed E-state index contributed by atoms with van der Waals surface area (Å²) in [6.45, 7) is 6.48. The molecule has 1 aliphatic heterocycles. The highest BCUT2D eigenvalue weighted by molar-refractivity contribution is 5.11. The van der Waals surface area contributed by atoms with E-state index in [9.17, 15) is 5.11 Å².